The highest BCUT2D eigenvalue weighted by Gasteiger charge is 2.13. The summed E-state index contributed by atoms with van der Waals surface area (Å²) in [6, 6.07) is 8.51. The van der Waals surface area contributed by atoms with Crippen LogP contribution in [-0.2, 0) is 6.42 Å². The number of rotatable bonds is 4. The van der Waals surface area contributed by atoms with Crippen molar-refractivity contribution in [3.05, 3.63) is 58.1 Å². The van der Waals surface area contributed by atoms with Gasteiger partial charge in [0.05, 0.1) is 0 Å². The summed E-state index contributed by atoms with van der Waals surface area (Å²) < 4.78 is 33.3. The van der Waals surface area contributed by atoms with Gasteiger partial charge in [-0.3, -0.25) is 0 Å². The molecule has 0 saturated heterocycles. The normalized spacial score (nSPS) is 12.2. The van der Waals surface area contributed by atoms with Gasteiger partial charge in [-0.25, -0.2) is 8.78 Å². The molecule has 0 heterocycles. The molecule has 0 aliphatic heterocycles. The molecule has 106 valence electrons. The van der Waals surface area contributed by atoms with Crippen LogP contribution in [0.1, 0.15) is 12.5 Å². The number of nitrogens with two attached hydrogens (primary N) is 1. The first kappa shape index (κ1) is 14.9. The van der Waals surface area contributed by atoms with Gasteiger partial charge >= 0.3 is 0 Å². The van der Waals surface area contributed by atoms with Crippen molar-refractivity contribution in [3.63, 3.8) is 0 Å². The van der Waals surface area contributed by atoms with E-state index in [-0.39, 0.29) is 11.9 Å². The molecule has 2 nitrogen and oxygen atoms in total. The van der Waals surface area contributed by atoms with E-state index in [4.69, 9.17) is 10.5 Å². The molecule has 0 saturated carbocycles. The third-order valence-corrected chi connectivity index (χ3v) is 3.12. The van der Waals surface area contributed by atoms with Gasteiger partial charge in [-0.05, 0) is 37.6 Å². The molecule has 2 rings (SSSR count). The van der Waals surface area contributed by atoms with Crippen LogP contribution in [-0.4, -0.2) is 6.04 Å². The lowest BCUT2D eigenvalue weighted by atomic mass is 10.1. The second-order valence-electron chi connectivity index (χ2n) is 4.61. The summed E-state index contributed by atoms with van der Waals surface area (Å²) in [6.07, 6.45) is 0.346. The maximum atomic E-state index is 13.9. The van der Waals surface area contributed by atoms with Crippen LogP contribution in [0.2, 0.25) is 0 Å². The second kappa shape index (κ2) is 6.33. The Labute approximate surface area is 124 Å². The molecular weight excluding hydrogens is 328 g/mol. The second-order valence-corrected chi connectivity index (χ2v) is 5.52. The summed E-state index contributed by atoms with van der Waals surface area (Å²) >= 11 is 3.19. The van der Waals surface area contributed by atoms with Gasteiger partial charge in [0.15, 0.2) is 0 Å². The van der Waals surface area contributed by atoms with E-state index in [0.29, 0.717) is 28.0 Å². The SMILES string of the molecule is CC(N)Cc1c(F)cccc1Oc1cc(F)cc(Br)c1. The van der Waals surface area contributed by atoms with Crippen molar-refractivity contribution in [1.82, 2.24) is 0 Å². The Bertz CT molecular complexity index is 597. The summed E-state index contributed by atoms with van der Waals surface area (Å²) in [7, 11) is 0. The zero-order valence-electron chi connectivity index (χ0n) is 10.9. The minimum Gasteiger partial charge on any atom is -0.457 e. The van der Waals surface area contributed by atoms with E-state index in [1.807, 2.05) is 0 Å². The van der Waals surface area contributed by atoms with Crippen molar-refractivity contribution in [3.8, 4) is 11.5 Å². The predicted molar refractivity (Wildman–Crippen MR) is 77.9 cm³/mol. The average molecular weight is 342 g/mol. The fourth-order valence-electron chi connectivity index (χ4n) is 1.87. The molecule has 2 aromatic rings. The summed E-state index contributed by atoms with van der Waals surface area (Å²) in [4.78, 5) is 0. The number of halogens is 3. The van der Waals surface area contributed by atoms with Crippen molar-refractivity contribution in [2.45, 2.75) is 19.4 Å². The Morgan fingerprint density at radius 2 is 2.00 bits per heavy atom. The summed E-state index contributed by atoms with van der Waals surface area (Å²) in [5.74, 6) is -0.164. The highest BCUT2D eigenvalue weighted by molar-refractivity contribution is 9.10. The third-order valence-electron chi connectivity index (χ3n) is 2.67. The maximum absolute atomic E-state index is 13.9. The topological polar surface area (TPSA) is 35.2 Å². The Morgan fingerprint density at radius 1 is 1.25 bits per heavy atom. The molecule has 0 radical (unpaired) electrons. The van der Waals surface area contributed by atoms with Gasteiger partial charge in [-0.1, -0.05) is 22.0 Å². The zero-order valence-corrected chi connectivity index (χ0v) is 12.5. The Kier molecular flexibility index (Phi) is 4.73. The molecule has 0 amide bonds. The molecule has 1 unspecified atom stereocenters. The van der Waals surface area contributed by atoms with Gasteiger partial charge in [0.25, 0.3) is 0 Å². The molecule has 0 bridgehead atoms. The summed E-state index contributed by atoms with van der Waals surface area (Å²) in [5.41, 5.74) is 6.11. The molecule has 0 fully saturated rings. The highest BCUT2D eigenvalue weighted by Crippen LogP contribution is 2.30. The monoisotopic (exact) mass is 341 g/mol. The maximum Gasteiger partial charge on any atom is 0.133 e. The fraction of sp³-hybridized carbons (Fsp3) is 0.200. The standard InChI is InChI=1S/C15H14BrF2NO/c1-9(19)5-13-14(18)3-2-4-15(13)20-12-7-10(16)6-11(17)8-12/h2-4,6-9H,5,19H2,1H3. The number of hydrogen-bond acceptors (Lipinski definition) is 2. The Hall–Kier alpha value is -1.46. The van der Waals surface area contributed by atoms with Gasteiger partial charge in [-0.15, -0.1) is 0 Å². The van der Waals surface area contributed by atoms with Crippen molar-refractivity contribution < 1.29 is 13.5 Å². The smallest absolute Gasteiger partial charge is 0.133 e. The summed E-state index contributed by atoms with van der Waals surface area (Å²) in [5, 5.41) is 0. The molecule has 0 aliphatic carbocycles. The van der Waals surface area contributed by atoms with Crippen LogP contribution in [0.15, 0.2) is 40.9 Å². The van der Waals surface area contributed by atoms with Gasteiger partial charge in [0.1, 0.15) is 23.1 Å². The van der Waals surface area contributed by atoms with E-state index < -0.39 is 5.82 Å². The minimum absolute atomic E-state index is 0.200. The largest absolute Gasteiger partial charge is 0.457 e. The molecule has 2 aromatic carbocycles. The lowest BCUT2D eigenvalue weighted by Gasteiger charge is -2.14. The quantitative estimate of drug-likeness (QED) is 0.893. The molecule has 5 heteroatoms. The Morgan fingerprint density at radius 3 is 2.65 bits per heavy atom. The molecule has 2 N–H and O–H groups in total. The summed E-state index contributed by atoms with van der Waals surface area (Å²) in [6.45, 7) is 1.79. The van der Waals surface area contributed by atoms with E-state index in [1.54, 1.807) is 25.1 Å². The molecule has 0 spiro atoms. The van der Waals surface area contributed by atoms with E-state index in [9.17, 15) is 8.78 Å². The lowest BCUT2D eigenvalue weighted by Crippen LogP contribution is -2.19. The molecule has 0 aliphatic rings. The van der Waals surface area contributed by atoms with E-state index in [1.165, 1.54) is 18.2 Å². The predicted octanol–water partition coefficient (Wildman–Crippen LogP) is 4.41. The van der Waals surface area contributed by atoms with Crippen molar-refractivity contribution in [2.24, 2.45) is 5.73 Å². The Balaban J connectivity index is 2.35. The zero-order chi connectivity index (χ0) is 14.7. The first-order valence-corrected chi connectivity index (χ1v) is 6.92. The van der Waals surface area contributed by atoms with Crippen LogP contribution >= 0.6 is 15.9 Å². The molecule has 1 atom stereocenters. The van der Waals surface area contributed by atoms with Crippen LogP contribution in [0.3, 0.4) is 0 Å². The number of hydrogen-bond donors (Lipinski definition) is 1. The van der Waals surface area contributed by atoms with Crippen molar-refractivity contribution in [1.29, 1.82) is 0 Å². The molecular formula is C15H14BrF2NO. The third kappa shape index (κ3) is 3.77. The van der Waals surface area contributed by atoms with Crippen LogP contribution in [0.5, 0.6) is 11.5 Å². The van der Waals surface area contributed by atoms with Crippen molar-refractivity contribution in [2.75, 3.05) is 0 Å². The highest BCUT2D eigenvalue weighted by atomic mass is 79.9. The van der Waals surface area contributed by atoms with E-state index in [0.717, 1.165) is 0 Å². The van der Waals surface area contributed by atoms with E-state index in [2.05, 4.69) is 15.9 Å². The van der Waals surface area contributed by atoms with Gasteiger partial charge in [0, 0.05) is 22.1 Å². The first-order valence-electron chi connectivity index (χ1n) is 6.12. The fourth-order valence-corrected chi connectivity index (χ4v) is 2.31. The van der Waals surface area contributed by atoms with Crippen LogP contribution in [0.25, 0.3) is 0 Å². The molecule has 0 aromatic heterocycles. The average Bonchev–Trinajstić information content (AvgIpc) is 2.32. The van der Waals surface area contributed by atoms with Crippen LogP contribution < -0.4 is 10.5 Å². The van der Waals surface area contributed by atoms with Crippen LogP contribution in [0.4, 0.5) is 8.78 Å². The van der Waals surface area contributed by atoms with Gasteiger partial charge in [-0.2, -0.15) is 0 Å². The van der Waals surface area contributed by atoms with Crippen LogP contribution in [0, 0.1) is 11.6 Å². The lowest BCUT2D eigenvalue weighted by molar-refractivity contribution is 0.459. The van der Waals surface area contributed by atoms with Gasteiger partial charge in [0.2, 0.25) is 0 Å². The number of benzene rings is 2. The minimum atomic E-state index is -0.431. The number of ether oxygens (including phenoxy) is 1. The van der Waals surface area contributed by atoms with Gasteiger partial charge < -0.3 is 10.5 Å². The molecule has 20 heavy (non-hydrogen) atoms. The van der Waals surface area contributed by atoms with E-state index >= 15 is 0 Å². The van der Waals surface area contributed by atoms with Crippen molar-refractivity contribution >= 4 is 15.9 Å². The first-order chi connectivity index (χ1) is 9.45.